The first-order chi connectivity index (χ1) is 25.3. The van der Waals surface area contributed by atoms with Gasteiger partial charge in [0.2, 0.25) is 0 Å². The summed E-state index contributed by atoms with van der Waals surface area (Å²) >= 11 is 1.91. The molecule has 0 atom stereocenters. The molecule has 0 aliphatic rings. The number of thiophene rings is 1. The topological polar surface area (TPSA) is 18.1 Å². The molecule has 12 rings (SSSR count). The van der Waals surface area contributed by atoms with Crippen LogP contribution >= 0.6 is 11.3 Å². The van der Waals surface area contributed by atoms with Gasteiger partial charge >= 0.3 is 0 Å². The van der Waals surface area contributed by atoms with Crippen molar-refractivity contribution < 1.29 is 4.42 Å². The molecule has 0 saturated heterocycles. The van der Waals surface area contributed by atoms with Gasteiger partial charge < -0.3 is 8.98 Å². The van der Waals surface area contributed by atoms with Crippen LogP contribution in [-0.2, 0) is 0 Å². The normalized spacial score (nSPS) is 12.3. The highest BCUT2D eigenvalue weighted by Gasteiger charge is 2.24. The van der Waals surface area contributed by atoms with Crippen molar-refractivity contribution in [2.75, 3.05) is 0 Å². The summed E-state index contributed by atoms with van der Waals surface area (Å²) in [5, 5.41) is 15.4. The maximum atomic E-state index is 6.44. The molecule has 3 heterocycles. The van der Waals surface area contributed by atoms with Crippen LogP contribution in [0.2, 0.25) is 0 Å². The van der Waals surface area contributed by atoms with Gasteiger partial charge in [0, 0.05) is 59.0 Å². The van der Waals surface area contributed by atoms with E-state index in [1.165, 1.54) is 74.3 Å². The molecule has 12 aromatic rings. The summed E-state index contributed by atoms with van der Waals surface area (Å²) in [7, 11) is 0. The van der Waals surface area contributed by atoms with Crippen molar-refractivity contribution >= 4 is 108 Å². The monoisotopic (exact) mass is 665 g/mol. The van der Waals surface area contributed by atoms with E-state index in [2.05, 4.69) is 162 Å². The lowest BCUT2D eigenvalue weighted by Gasteiger charge is -2.15. The molecule has 3 aromatic heterocycles. The van der Waals surface area contributed by atoms with E-state index in [4.69, 9.17) is 4.42 Å². The van der Waals surface area contributed by atoms with E-state index < -0.39 is 0 Å². The molecule has 0 unspecified atom stereocenters. The van der Waals surface area contributed by atoms with Crippen LogP contribution < -0.4 is 0 Å². The molecule has 0 fully saturated rings. The molecule has 0 saturated carbocycles. The van der Waals surface area contributed by atoms with E-state index in [0.717, 1.165) is 38.8 Å². The van der Waals surface area contributed by atoms with Gasteiger partial charge in [0.15, 0.2) is 0 Å². The fourth-order valence-corrected chi connectivity index (χ4v) is 10.1. The largest absolute Gasteiger partial charge is 0.455 e. The van der Waals surface area contributed by atoms with Crippen LogP contribution in [0.5, 0.6) is 0 Å². The predicted octanol–water partition coefficient (Wildman–Crippen LogP) is 14.2. The average molecular weight is 666 g/mol. The zero-order valence-corrected chi connectivity index (χ0v) is 28.2. The second-order valence-electron chi connectivity index (χ2n) is 13.5. The van der Waals surface area contributed by atoms with Crippen molar-refractivity contribution in [3.8, 4) is 16.8 Å². The third-order valence-electron chi connectivity index (χ3n) is 11.0. The maximum absolute atomic E-state index is 6.44. The van der Waals surface area contributed by atoms with Crippen molar-refractivity contribution in [3.05, 3.63) is 164 Å². The number of hydrogen-bond donors (Lipinski definition) is 0. The second kappa shape index (κ2) is 10.1. The third kappa shape index (κ3) is 3.60. The number of rotatable bonds is 2. The Balaban J connectivity index is 1.23. The quantitative estimate of drug-likeness (QED) is 0.168. The van der Waals surface area contributed by atoms with Crippen LogP contribution in [0.4, 0.5) is 0 Å². The lowest BCUT2D eigenvalue weighted by molar-refractivity contribution is 0.670. The first-order valence-electron chi connectivity index (χ1n) is 17.4. The molecule has 3 heteroatoms. The van der Waals surface area contributed by atoms with E-state index >= 15 is 0 Å². The van der Waals surface area contributed by atoms with E-state index in [9.17, 15) is 0 Å². The summed E-state index contributed by atoms with van der Waals surface area (Å²) in [5.74, 6) is 0. The summed E-state index contributed by atoms with van der Waals surface area (Å²) in [6.45, 7) is 0. The Morgan fingerprint density at radius 2 is 1.00 bits per heavy atom. The summed E-state index contributed by atoms with van der Waals surface area (Å²) in [6.07, 6.45) is 0. The van der Waals surface area contributed by atoms with Crippen LogP contribution in [0.3, 0.4) is 0 Å². The van der Waals surface area contributed by atoms with Crippen LogP contribution in [0.15, 0.2) is 168 Å². The molecule has 0 amide bonds. The number of aromatic nitrogens is 1. The van der Waals surface area contributed by atoms with Gasteiger partial charge in [-0.25, -0.2) is 0 Å². The SMILES string of the molecule is c1ccc2c(c1)oc1c(-c3ccc(-n4c5ccccc5c5c6c7ccccc7c7ccccc7c6c6c7ccccc7sc6c54)cc3)cccc12. The fraction of sp³-hybridized carbons (Fsp3) is 0. The summed E-state index contributed by atoms with van der Waals surface area (Å²) in [6, 6.07) is 59.7. The van der Waals surface area contributed by atoms with Crippen molar-refractivity contribution in [1.29, 1.82) is 0 Å². The number of hydrogen-bond acceptors (Lipinski definition) is 2. The summed E-state index contributed by atoms with van der Waals surface area (Å²) in [5.41, 5.74) is 7.72. The van der Waals surface area contributed by atoms with Gasteiger partial charge in [-0.05, 0) is 57.4 Å². The second-order valence-corrected chi connectivity index (χ2v) is 14.6. The molecule has 0 aliphatic carbocycles. The van der Waals surface area contributed by atoms with Gasteiger partial charge in [0.05, 0.1) is 15.7 Å². The van der Waals surface area contributed by atoms with Crippen LogP contribution in [0.25, 0.3) is 113 Å². The number of benzene rings is 9. The minimum atomic E-state index is 0.918. The van der Waals surface area contributed by atoms with E-state index in [1.807, 2.05) is 17.4 Å². The minimum absolute atomic E-state index is 0.918. The van der Waals surface area contributed by atoms with Crippen molar-refractivity contribution in [2.24, 2.45) is 0 Å². The Labute approximate surface area is 296 Å². The van der Waals surface area contributed by atoms with Gasteiger partial charge in [0.1, 0.15) is 11.2 Å². The Morgan fingerprint density at radius 3 is 1.76 bits per heavy atom. The Bertz CT molecular complexity index is 3410. The molecule has 0 radical (unpaired) electrons. The Kier molecular flexibility index (Phi) is 5.41. The minimum Gasteiger partial charge on any atom is -0.455 e. The lowest BCUT2D eigenvalue weighted by atomic mass is 9.89. The zero-order valence-electron chi connectivity index (χ0n) is 27.4. The highest BCUT2D eigenvalue weighted by molar-refractivity contribution is 7.27. The van der Waals surface area contributed by atoms with Gasteiger partial charge in [-0.3, -0.25) is 0 Å². The van der Waals surface area contributed by atoms with E-state index in [-0.39, 0.29) is 0 Å². The number of para-hydroxylation sites is 3. The van der Waals surface area contributed by atoms with Gasteiger partial charge in [-0.1, -0.05) is 133 Å². The van der Waals surface area contributed by atoms with Crippen molar-refractivity contribution in [3.63, 3.8) is 0 Å². The highest BCUT2D eigenvalue weighted by Crippen LogP contribution is 2.51. The molecule has 0 N–H and O–H groups in total. The van der Waals surface area contributed by atoms with E-state index in [1.54, 1.807) is 0 Å². The standard InChI is InChI=1S/C48H27NOS/c1-3-15-34-31(12-1)32-13-2-4-16-35(32)43-42(34)44-37-17-5-8-21-39(37)49(46(44)48-45(43)38-18-7-10-23-41(38)51-48)29-26-24-28(25-27-29)30-19-11-20-36-33-14-6-9-22-40(33)50-47(30)36/h1-27H. The molecule has 236 valence electrons. The van der Waals surface area contributed by atoms with Crippen molar-refractivity contribution in [2.45, 2.75) is 0 Å². The smallest absolute Gasteiger partial charge is 0.143 e. The number of furan rings is 1. The first-order valence-corrected chi connectivity index (χ1v) is 18.3. The fourth-order valence-electron chi connectivity index (χ4n) is 8.86. The predicted molar refractivity (Wildman–Crippen MR) is 219 cm³/mol. The molecule has 0 aliphatic heterocycles. The molecule has 0 bridgehead atoms. The van der Waals surface area contributed by atoms with Crippen LogP contribution in [-0.4, -0.2) is 4.57 Å². The zero-order chi connectivity index (χ0) is 33.2. The first kappa shape index (κ1) is 27.4. The van der Waals surface area contributed by atoms with E-state index in [0.29, 0.717) is 0 Å². The molecular weight excluding hydrogens is 639 g/mol. The molecular formula is C48H27NOS. The van der Waals surface area contributed by atoms with Crippen molar-refractivity contribution in [1.82, 2.24) is 4.57 Å². The summed E-state index contributed by atoms with van der Waals surface area (Å²) in [4.78, 5) is 0. The molecule has 9 aromatic carbocycles. The van der Waals surface area contributed by atoms with Gasteiger partial charge in [-0.15, -0.1) is 11.3 Å². The Hall–Kier alpha value is -6.42. The van der Waals surface area contributed by atoms with Gasteiger partial charge in [0.25, 0.3) is 0 Å². The maximum Gasteiger partial charge on any atom is 0.143 e. The number of nitrogens with zero attached hydrogens (tertiary/aromatic N) is 1. The van der Waals surface area contributed by atoms with Crippen LogP contribution in [0.1, 0.15) is 0 Å². The summed E-state index contributed by atoms with van der Waals surface area (Å²) < 4.78 is 11.6. The molecule has 2 nitrogen and oxygen atoms in total. The van der Waals surface area contributed by atoms with Gasteiger partial charge in [-0.2, -0.15) is 0 Å². The highest BCUT2D eigenvalue weighted by atomic mass is 32.1. The Morgan fingerprint density at radius 1 is 0.412 bits per heavy atom. The molecule has 51 heavy (non-hydrogen) atoms. The van der Waals surface area contributed by atoms with Crippen LogP contribution in [0, 0.1) is 0 Å². The third-order valence-corrected chi connectivity index (χ3v) is 12.1. The average Bonchev–Trinajstić information content (AvgIpc) is 3.88. The lowest BCUT2D eigenvalue weighted by Crippen LogP contribution is -1.94. The molecule has 0 spiro atoms. The number of fused-ring (bicyclic) bond motifs is 18.